The Morgan fingerprint density at radius 3 is 2.24 bits per heavy atom. The molecule has 1 fully saturated rings. The molecule has 2 aromatic rings. The minimum Gasteiger partial charge on any atom is -0.352 e. The van der Waals surface area contributed by atoms with Crippen molar-refractivity contribution in [2.24, 2.45) is 0 Å². The number of hydrogen-bond donors (Lipinski definition) is 1. The molecule has 7 nitrogen and oxygen atoms in total. The Bertz CT molecular complexity index is 1190. The Morgan fingerprint density at radius 1 is 1.00 bits per heavy atom. The summed E-state index contributed by atoms with van der Waals surface area (Å²) < 4.78 is 26.9. The standard InChI is InChI=1S/C29H41N3O4S/c1-6-26(29(34)30-25-12-8-7-9-13-25)31(19-24-17-15-21(2)16-18-24)28(33)20-32(37(5,35)36)27-14-10-11-22(3)23(27)4/h10-11,14-18,25-26H,6-9,12-13,19-20H2,1-5H3,(H,30,34)/t26-/m1/s1. The van der Waals surface area contributed by atoms with Crippen LogP contribution in [0.15, 0.2) is 42.5 Å². The molecule has 3 rings (SSSR count). The van der Waals surface area contributed by atoms with Gasteiger partial charge in [-0.3, -0.25) is 13.9 Å². The number of aryl methyl sites for hydroxylation is 2. The molecule has 1 saturated carbocycles. The van der Waals surface area contributed by atoms with Gasteiger partial charge in [-0.25, -0.2) is 8.42 Å². The molecule has 0 radical (unpaired) electrons. The van der Waals surface area contributed by atoms with Crippen LogP contribution in [0.1, 0.15) is 67.7 Å². The van der Waals surface area contributed by atoms with E-state index in [2.05, 4.69) is 5.32 Å². The summed E-state index contributed by atoms with van der Waals surface area (Å²) in [6, 6.07) is 12.7. The number of amides is 2. The van der Waals surface area contributed by atoms with E-state index in [0.29, 0.717) is 12.1 Å². The lowest BCUT2D eigenvalue weighted by molar-refractivity contribution is -0.140. The molecule has 37 heavy (non-hydrogen) atoms. The third-order valence-corrected chi connectivity index (χ3v) is 8.46. The maximum atomic E-state index is 13.9. The second-order valence-corrected chi connectivity index (χ2v) is 12.2. The van der Waals surface area contributed by atoms with E-state index in [4.69, 9.17) is 0 Å². The maximum Gasteiger partial charge on any atom is 0.244 e. The molecule has 0 spiro atoms. The van der Waals surface area contributed by atoms with Crippen LogP contribution in [-0.4, -0.2) is 50.0 Å². The fourth-order valence-corrected chi connectivity index (χ4v) is 5.85. The monoisotopic (exact) mass is 527 g/mol. The zero-order valence-corrected chi connectivity index (χ0v) is 23.6. The second-order valence-electron chi connectivity index (χ2n) is 10.3. The summed E-state index contributed by atoms with van der Waals surface area (Å²) in [5.74, 6) is -0.579. The molecule has 1 aliphatic rings. The van der Waals surface area contributed by atoms with E-state index in [1.807, 2.05) is 58.0 Å². The van der Waals surface area contributed by atoms with Gasteiger partial charge in [0.2, 0.25) is 21.8 Å². The molecule has 0 heterocycles. The zero-order valence-electron chi connectivity index (χ0n) is 22.8. The molecular formula is C29H41N3O4S. The van der Waals surface area contributed by atoms with Crippen LogP contribution < -0.4 is 9.62 Å². The molecule has 202 valence electrons. The van der Waals surface area contributed by atoms with Crippen LogP contribution in [0.5, 0.6) is 0 Å². The van der Waals surface area contributed by atoms with Gasteiger partial charge in [-0.2, -0.15) is 0 Å². The van der Waals surface area contributed by atoms with Gasteiger partial charge in [0, 0.05) is 12.6 Å². The van der Waals surface area contributed by atoms with Gasteiger partial charge in [-0.15, -0.1) is 0 Å². The summed E-state index contributed by atoms with van der Waals surface area (Å²) >= 11 is 0. The molecule has 1 atom stereocenters. The quantitative estimate of drug-likeness (QED) is 0.488. The van der Waals surface area contributed by atoms with E-state index in [1.165, 1.54) is 6.42 Å². The van der Waals surface area contributed by atoms with Crippen LogP contribution in [0.4, 0.5) is 5.69 Å². The van der Waals surface area contributed by atoms with E-state index in [1.54, 1.807) is 17.0 Å². The summed E-state index contributed by atoms with van der Waals surface area (Å²) in [5.41, 5.74) is 4.20. The Hall–Kier alpha value is -2.87. The Labute approximate surface area is 222 Å². The first-order chi connectivity index (χ1) is 17.5. The van der Waals surface area contributed by atoms with E-state index in [9.17, 15) is 18.0 Å². The normalized spacial score (nSPS) is 15.2. The van der Waals surface area contributed by atoms with Crippen LogP contribution in [0, 0.1) is 20.8 Å². The molecule has 0 aliphatic heterocycles. The minimum absolute atomic E-state index is 0.120. The summed E-state index contributed by atoms with van der Waals surface area (Å²) in [4.78, 5) is 28.9. The van der Waals surface area contributed by atoms with Gasteiger partial charge in [0.05, 0.1) is 11.9 Å². The second kappa shape index (κ2) is 12.6. The topological polar surface area (TPSA) is 86.8 Å². The van der Waals surface area contributed by atoms with Gasteiger partial charge < -0.3 is 10.2 Å². The highest BCUT2D eigenvalue weighted by Crippen LogP contribution is 2.26. The van der Waals surface area contributed by atoms with Crippen LogP contribution in [-0.2, 0) is 26.2 Å². The molecule has 0 unspecified atom stereocenters. The van der Waals surface area contributed by atoms with Crippen molar-refractivity contribution in [3.63, 3.8) is 0 Å². The highest BCUT2D eigenvalue weighted by molar-refractivity contribution is 7.92. The van der Waals surface area contributed by atoms with Gasteiger partial charge in [0.1, 0.15) is 12.6 Å². The smallest absolute Gasteiger partial charge is 0.244 e. The first-order valence-corrected chi connectivity index (χ1v) is 15.1. The van der Waals surface area contributed by atoms with Crippen LogP contribution >= 0.6 is 0 Å². The molecule has 2 aromatic carbocycles. The number of rotatable bonds is 10. The molecule has 1 aliphatic carbocycles. The van der Waals surface area contributed by atoms with Gasteiger partial charge >= 0.3 is 0 Å². The zero-order chi connectivity index (χ0) is 27.2. The summed E-state index contributed by atoms with van der Waals surface area (Å²) in [7, 11) is -3.75. The van der Waals surface area contributed by atoms with Crippen molar-refractivity contribution in [2.45, 2.75) is 84.8 Å². The number of benzene rings is 2. The predicted octanol–water partition coefficient (Wildman–Crippen LogP) is 4.63. The van der Waals surface area contributed by atoms with E-state index < -0.39 is 22.0 Å². The molecular weight excluding hydrogens is 486 g/mol. The number of anilines is 1. The fourth-order valence-electron chi connectivity index (χ4n) is 4.95. The van der Waals surface area contributed by atoms with Crippen molar-refractivity contribution in [1.29, 1.82) is 0 Å². The summed E-state index contributed by atoms with van der Waals surface area (Å²) in [5, 5.41) is 3.17. The fraction of sp³-hybridized carbons (Fsp3) is 0.517. The van der Waals surface area contributed by atoms with Crippen molar-refractivity contribution in [3.05, 3.63) is 64.7 Å². The lowest BCUT2D eigenvalue weighted by atomic mass is 9.95. The third-order valence-electron chi connectivity index (χ3n) is 7.33. The third kappa shape index (κ3) is 7.57. The van der Waals surface area contributed by atoms with Crippen molar-refractivity contribution in [2.75, 3.05) is 17.1 Å². The predicted molar refractivity (Wildman–Crippen MR) is 149 cm³/mol. The van der Waals surface area contributed by atoms with Crippen molar-refractivity contribution >= 4 is 27.5 Å². The number of nitrogens with zero attached hydrogens (tertiary/aromatic N) is 2. The number of nitrogens with one attached hydrogen (secondary N) is 1. The van der Waals surface area contributed by atoms with Crippen LogP contribution in [0.25, 0.3) is 0 Å². The number of carbonyl (C=O) groups is 2. The van der Waals surface area contributed by atoms with E-state index in [0.717, 1.165) is 58.5 Å². The Morgan fingerprint density at radius 2 is 1.65 bits per heavy atom. The highest BCUT2D eigenvalue weighted by atomic mass is 32.2. The van der Waals surface area contributed by atoms with Crippen LogP contribution in [0.3, 0.4) is 0 Å². The lowest BCUT2D eigenvalue weighted by Gasteiger charge is -2.34. The Balaban J connectivity index is 1.93. The SMILES string of the molecule is CC[C@H](C(=O)NC1CCCCC1)N(Cc1ccc(C)cc1)C(=O)CN(c1cccc(C)c1C)S(C)(=O)=O. The summed E-state index contributed by atoms with van der Waals surface area (Å²) in [6.45, 7) is 7.49. The number of hydrogen-bond acceptors (Lipinski definition) is 4. The first-order valence-electron chi connectivity index (χ1n) is 13.2. The van der Waals surface area contributed by atoms with Gasteiger partial charge in [-0.1, -0.05) is 68.1 Å². The highest BCUT2D eigenvalue weighted by Gasteiger charge is 2.33. The van der Waals surface area contributed by atoms with Crippen molar-refractivity contribution in [3.8, 4) is 0 Å². The molecule has 0 aromatic heterocycles. The average molecular weight is 528 g/mol. The van der Waals surface area contributed by atoms with Gasteiger partial charge in [-0.05, 0) is 62.8 Å². The van der Waals surface area contributed by atoms with Crippen molar-refractivity contribution in [1.82, 2.24) is 10.2 Å². The van der Waals surface area contributed by atoms with Crippen LogP contribution in [0.2, 0.25) is 0 Å². The molecule has 8 heteroatoms. The maximum absolute atomic E-state index is 13.9. The Kier molecular flexibility index (Phi) is 9.76. The first kappa shape index (κ1) is 28.7. The van der Waals surface area contributed by atoms with E-state index >= 15 is 0 Å². The average Bonchev–Trinajstić information content (AvgIpc) is 2.85. The van der Waals surface area contributed by atoms with Gasteiger partial charge in [0.25, 0.3) is 0 Å². The minimum atomic E-state index is -3.75. The number of carbonyl (C=O) groups excluding carboxylic acids is 2. The molecule has 0 saturated heterocycles. The van der Waals surface area contributed by atoms with Crippen molar-refractivity contribution < 1.29 is 18.0 Å². The largest absolute Gasteiger partial charge is 0.352 e. The molecule has 1 N–H and O–H groups in total. The van der Waals surface area contributed by atoms with E-state index in [-0.39, 0.29) is 25.0 Å². The van der Waals surface area contributed by atoms with Gasteiger partial charge in [0.15, 0.2) is 0 Å². The lowest BCUT2D eigenvalue weighted by Crippen LogP contribution is -2.54. The number of sulfonamides is 1. The summed E-state index contributed by atoms with van der Waals surface area (Å²) in [6.07, 6.45) is 6.80. The molecule has 0 bridgehead atoms. The molecule has 2 amide bonds.